The van der Waals surface area contributed by atoms with Gasteiger partial charge in [0.25, 0.3) is 0 Å². The molecule has 158 valence electrons. The monoisotopic (exact) mass is 406 g/mol. The number of esters is 2. The van der Waals surface area contributed by atoms with Gasteiger partial charge in [0.05, 0.1) is 24.3 Å². The standard InChI is InChI=1S/C21H26O8/c1-5-26-20(24)12(3)28-16-10-11-17(29-13(4)21(25)27-6-2)19-15(23)9-7-8-14(22)18(16)19/h10-13H,5-9H2,1-4H3. The van der Waals surface area contributed by atoms with Crippen molar-refractivity contribution in [2.45, 2.75) is 59.2 Å². The van der Waals surface area contributed by atoms with Crippen LogP contribution in [0.2, 0.25) is 0 Å². The highest BCUT2D eigenvalue weighted by Crippen LogP contribution is 2.36. The third kappa shape index (κ3) is 5.34. The molecule has 2 unspecified atom stereocenters. The predicted molar refractivity (Wildman–Crippen MR) is 102 cm³/mol. The lowest BCUT2D eigenvalue weighted by atomic mass is 9.98. The SMILES string of the molecule is CCOC(=O)C(C)Oc1ccc(OC(C)C(=O)OCC)c2c1C(=O)CCCC2=O. The topological polar surface area (TPSA) is 105 Å². The minimum absolute atomic E-state index is 0.0669. The number of carbonyl (C=O) groups excluding carboxylic acids is 4. The second kappa shape index (κ2) is 10.0. The van der Waals surface area contributed by atoms with Gasteiger partial charge in [0.15, 0.2) is 23.8 Å². The van der Waals surface area contributed by atoms with E-state index in [-0.39, 0.29) is 60.2 Å². The Kier molecular flexibility index (Phi) is 7.75. The number of fused-ring (bicyclic) bond motifs is 1. The molecule has 0 aliphatic heterocycles. The first-order valence-electron chi connectivity index (χ1n) is 9.70. The summed E-state index contributed by atoms with van der Waals surface area (Å²) in [6.45, 7) is 6.74. The van der Waals surface area contributed by atoms with Crippen LogP contribution in [0.3, 0.4) is 0 Å². The molecule has 1 aromatic carbocycles. The summed E-state index contributed by atoms with van der Waals surface area (Å²) in [4.78, 5) is 49.3. The van der Waals surface area contributed by atoms with E-state index in [1.165, 1.54) is 26.0 Å². The third-order valence-electron chi connectivity index (χ3n) is 4.34. The molecule has 0 amide bonds. The molecule has 0 saturated carbocycles. The van der Waals surface area contributed by atoms with Crippen LogP contribution in [0.5, 0.6) is 11.5 Å². The van der Waals surface area contributed by atoms with Crippen molar-refractivity contribution >= 4 is 23.5 Å². The number of rotatable bonds is 8. The maximum absolute atomic E-state index is 12.7. The van der Waals surface area contributed by atoms with Gasteiger partial charge in [-0.1, -0.05) is 0 Å². The molecule has 1 aliphatic carbocycles. The molecule has 0 bridgehead atoms. The van der Waals surface area contributed by atoms with Crippen LogP contribution in [-0.4, -0.2) is 48.9 Å². The van der Waals surface area contributed by atoms with Crippen LogP contribution >= 0.6 is 0 Å². The molecule has 0 heterocycles. The molecular weight excluding hydrogens is 380 g/mol. The highest BCUT2D eigenvalue weighted by Gasteiger charge is 2.31. The van der Waals surface area contributed by atoms with Gasteiger partial charge < -0.3 is 18.9 Å². The Morgan fingerprint density at radius 1 is 0.828 bits per heavy atom. The Morgan fingerprint density at radius 2 is 1.21 bits per heavy atom. The van der Waals surface area contributed by atoms with Gasteiger partial charge in [-0.2, -0.15) is 0 Å². The van der Waals surface area contributed by atoms with Gasteiger partial charge in [-0.3, -0.25) is 9.59 Å². The molecule has 1 aliphatic rings. The van der Waals surface area contributed by atoms with Crippen molar-refractivity contribution in [2.75, 3.05) is 13.2 Å². The lowest BCUT2D eigenvalue weighted by molar-refractivity contribution is -0.151. The van der Waals surface area contributed by atoms with E-state index in [9.17, 15) is 19.2 Å². The maximum Gasteiger partial charge on any atom is 0.347 e. The molecule has 2 rings (SSSR count). The summed E-state index contributed by atoms with van der Waals surface area (Å²) in [6.07, 6.45) is -1.20. The molecule has 0 aromatic heterocycles. The van der Waals surface area contributed by atoms with Crippen molar-refractivity contribution in [2.24, 2.45) is 0 Å². The first-order chi connectivity index (χ1) is 13.8. The average Bonchev–Trinajstić information content (AvgIpc) is 2.83. The van der Waals surface area contributed by atoms with Gasteiger partial charge in [0.2, 0.25) is 0 Å². The number of ether oxygens (including phenoxy) is 4. The molecule has 8 nitrogen and oxygen atoms in total. The number of Topliss-reactive ketones (excluding diaryl/α,β-unsaturated/α-hetero) is 2. The molecule has 8 heteroatoms. The van der Waals surface area contributed by atoms with E-state index in [2.05, 4.69) is 0 Å². The second-order valence-electron chi connectivity index (χ2n) is 6.54. The molecule has 0 fully saturated rings. The zero-order chi connectivity index (χ0) is 21.6. The lowest BCUT2D eigenvalue weighted by Gasteiger charge is -2.20. The average molecular weight is 406 g/mol. The predicted octanol–water partition coefficient (Wildman–Crippen LogP) is 2.90. The van der Waals surface area contributed by atoms with Crippen LogP contribution in [-0.2, 0) is 19.1 Å². The van der Waals surface area contributed by atoms with Crippen molar-refractivity contribution in [1.29, 1.82) is 0 Å². The van der Waals surface area contributed by atoms with E-state index >= 15 is 0 Å². The number of hydrogen-bond acceptors (Lipinski definition) is 8. The summed E-state index contributed by atoms with van der Waals surface area (Å²) < 4.78 is 21.2. The van der Waals surface area contributed by atoms with E-state index in [1.807, 2.05) is 0 Å². The Hall–Kier alpha value is -2.90. The number of hydrogen-bond donors (Lipinski definition) is 0. The van der Waals surface area contributed by atoms with Gasteiger partial charge in [-0.05, 0) is 46.2 Å². The second-order valence-corrected chi connectivity index (χ2v) is 6.54. The van der Waals surface area contributed by atoms with E-state index in [1.54, 1.807) is 13.8 Å². The smallest absolute Gasteiger partial charge is 0.347 e. The van der Waals surface area contributed by atoms with Gasteiger partial charge in [0.1, 0.15) is 11.5 Å². The van der Waals surface area contributed by atoms with E-state index in [4.69, 9.17) is 18.9 Å². The minimum atomic E-state index is -0.963. The molecular formula is C21H26O8. The molecule has 0 radical (unpaired) electrons. The van der Waals surface area contributed by atoms with E-state index < -0.39 is 24.1 Å². The zero-order valence-electron chi connectivity index (χ0n) is 17.1. The van der Waals surface area contributed by atoms with Crippen LogP contribution < -0.4 is 9.47 Å². The first-order valence-corrected chi connectivity index (χ1v) is 9.70. The number of benzene rings is 1. The number of ketones is 2. The minimum Gasteiger partial charge on any atom is -0.478 e. The van der Waals surface area contributed by atoms with Crippen LogP contribution in [0, 0.1) is 0 Å². The highest BCUT2D eigenvalue weighted by molar-refractivity contribution is 6.13. The summed E-state index contributed by atoms with van der Waals surface area (Å²) in [5, 5.41) is 0. The third-order valence-corrected chi connectivity index (χ3v) is 4.34. The molecule has 1 aromatic rings. The van der Waals surface area contributed by atoms with Crippen LogP contribution in [0.1, 0.15) is 67.7 Å². The number of carbonyl (C=O) groups is 4. The van der Waals surface area contributed by atoms with Gasteiger partial charge in [-0.25, -0.2) is 9.59 Å². The van der Waals surface area contributed by atoms with Crippen molar-refractivity contribution < 1.29 is 38.1 Å². The molecule has 0 saturated heterocycles. The van der Waals surface area contributed by atoms with Gasteiger partial charge >= 0.3 is 11.9 Å². The summed E-state index contributed by atoms with van der Waals surface area (Å²) in [5.41, 5.74) is 0.134. The summed E-state index contributed by atoms with van der Waals surface area (Å²) in [7, 11) is 0. The summed E-state index contributed by atoms with van der Waals surface area (Å²) in [5.74, 6) is -1.51. The quantitative estimate of drug-likeness (QED) is 0.479. The van der Waals surface area contributed by atoms with Crippen LogP contribution in [0.15, 0.2) is 12.1 Å². The van der Waals surface area contributed by atoms with E-state index in [0.717, 1.165) is 0 Å². The van der Waals surface area contributed by atoms with Crippen molar-refractivity contribution in [3.63, 3.8) is 0 Å². The molecule has 0 N–H and O–H groups in total. The largest absolute Gasteiger partial charge is 0.478 e. The van der Waals surface area contributed by atoms with E-state index in [0.29, 0.717) is 6.42 Å². The van der Waals surface area contributed by atoms with Crippen LogP contribution in [0.25, 0.3) is 0 Å². The fourth-order valence-corrected chi connectivity index (χ4v) is 2.97. The summed E-state index contributed by atoms with van der Waals surface area (Å²) in [6, 6.07) is 2.91. The van der Waals surface area contributed by atoms with Crippen LogP contribution in [0.4, 0.5) is 0 Å². The zero-order valence-corrected chi connectivity index (χ0v) is 17.1. The fraction of sp³-hybridized carbons (Fsp3) is 0.524. The Labute approximate surface area is 169 Å². The Bertz CT molecular complexity index is 733. The maximum atomic E-state index is 12.7. The molecule has 0 spiro atoms. The molecule has 29 heavy (non-hydrogen) atoms. The lowest BCUT2D eigenvalue weighted by Crippen LogP contribution is -2.28. The van der Waals surface area contributed by atoms with Gasteiger partial charge in [-0.15, -0.1) is 0 Å². The fourth-order valence-electron chi connectivity index (χ4n) is 2.97. The Balaban J connectivity index is 2.44. The van der Waals surface area contributed by atoms with Crippen molar-refractivity contribution in [3.05, 3.63) is 23.3 Å². The molecule has 2 atom stereocenters. The van der Waals surface area contributed by atoms with Crippen molar-refractivity contribution in [1.82, 2.24) is 0 Å². The Morgan fingerprint density at radius 3 is 1.55 bits per heavy atom. The normalized spacial score (nSPS) is 15.6. The highest BCUT2D eigenvalue weighted by atomic mass is 16.6. The summed E-state index contributed by atoms with van der Waals surface area (Å²) >= 11 is 0. The van der Waals surface area contributed by atoms with Gasteiger partial charge in [0, 0.05) is 12.8 Å². The van der Waals surface area contributed by atoms with Crippen molar-refractivity contribution in [3.8, 4) is 11.5 Å². The first kappa shape index (κ1) is 22.4.